The van der Waals surface area contributed by atoms with Gasteiger partial charge in [-0.2, -0.15) is 0 Å². The summed E-state index contributed by atoms with van der Waals surface area (Å²) in [4.78, 5) is 14.3. The van der Waals surface area contributed by atoms with E-state index >= 15 is 0 Å². The van der Waals surface area contributed by atoms with Gasteiger partial charge in [-0.25, -0.2) is 0 Å². The average molecular weight is 308 g/mol. The Morgan fingerprint density at radius 3 is 2.71 bits per heavy atom. The van der Waals surface area contributed by atoms with Gasteiger partial charge >= 0.3 is 0 Å². The molecular formula is C15H24N4OS. The van der Waals surface area contributed by atoms with Gasteiger partial charge in [0.25, 0.3) is 0 Å². The van der Waals surface area contributed by atoms with Gasteiger partial charge in [-0.1, -0.05) is 18.7 Å². The minimum Gasteiger partial charge on any atom is -0.342 e. The molecule has 0 unspecified atom stereocenters. The molecule has 0 saturated heterocycles. The highest BCUT2D eigenvalue weighted by Gasteiger charge is 2.28. The molecule has 0 N–H and O–H groups in total. The Balaban J connectivity index is 1.50. The number of thioether (sulfide) groups is 1. The van der Waals surface area contributed by atoms with Crippen LogP contribution < -0.4 is 0 Å². The van der Waals surface area contributed by atoms with Crippen LogP contribution in [0.5, 0.6) is 0 Å². The highest BCUT2D eigenvalue weighted by Crippen LogP contribution is 2.37. The fourth-order valence-electron chi connectivity index (χ4n) is 3.00. The molecule has 2 aliphatic rings. The minimum absolute atomic E-state index is 0.213. The molecule has 0 aliphatic heterocycles. The molecule has 1 aromatic rings. The van der Waals surface area contributed by atoms with Crippen LogP contribution in [0, 0.1) is 5.92 Å². The first-order valence-corrected chi connectivity index (χ1v) is 8.91. The van der Waals surface area contributed by atoms with Gasteiger partial charge in [-0.3, -0.25) is 4.79 Å². The molecule has 0 radical (unpaired) electrons. The van der Waals surface area contributed by atoms with Crippen molar-refractivity contribution in [3.8, 4) is 0 Å². The maximum Gasteiger partial charge on any atom is 0.233 e. The predicted molar refractivity (Wildman–Crippen MR) is 83.2 cm³/mol. The molecule has 0 aromatic carbocycles. The molecule has 6 heteroatoms. The molecule has 116 valence electrons. The molecule has 0 spiro atoms. The molecule has 0 bridgehead atoms. The molecule has 21 heavy (non-hydrogen) atoms. The van der Waals surface area contributed by atoms with Crippen LogP contribution in [0.3, 0.4) is 0 Å². The van der Waals surface area contributed by atoms with E-state index < -0.39 is 0 Å². The highest BCUT2D eigenvalue weighted by atomic mass is 32.2. The van der Waals surface area contributed by atoms with Gasteiger partial charge in [0.2, 0.25) is 5.91 Å². The molecule has 1 aromatic heterocycles. The van der Waals surface area contributed by atoms with Crippen molar-refractivity contribution in [2.45, 2.75) is 62.7 Å². The molecule has 0 atom stereocenters. The van der Waals surface area contributed by atoms with Crippen molar-refractivity contribution in [1.82, 2.24) is 19.7 Å². The van der Waals surface area contributed by atoms with E-state index in [2.05, 4.69) is 21.7 Å². The monoisotopic (exact) mass is 308 g/mol. The lowest BCUT2D eigenvalue weighted by atomic mass is 9.87. The van der Waals surface area contributed by atoms with E-state index in [0.29, 0.717) is 17.8 Å². The second kappa shape index (κ2) is 6.38. The van der Waals surface area contributed by atoms with Crippen molar-refractivity contribution in [3.63, 3.8) is 0 Å². The first-order chi connectivity index (χ1) is 10.1. The lowest BCUT2D eigenvalue weighted by Gasteiger charge is -2.33. The van der Waals surface area contributed by atoms with E-state index in [1.54, 1.807) is 6.33 Å². The summed E-state index contributed by atoms with van der Waals surface area (Å²) >= 11 is 1.52. The summed E-state index contributed by atoms with van der Waals surface area (Å²) in [5.74, 6) is 1.50. The number of carbonyl (C=O) groups excluding carboxylic acids is 1. The van der Waals surface area contributed by atoms with Gasteiger partial charge in [-0.05, 0) is 44.4 Å². The summed E-state index contributed by atoms with van der Waals surface area (Å²) in [5, 5.41) is 8.99. The topological polar surface area (TPSA) is 51.0 Å². The number of carbonyl (C=O) groups is 1. The van der Waals surface area contributed by atoms with Crippen LogP contribution >= 0.6 is 11.8 Å². The summed E-state index contributed by atoms with van der Waals surface area (Å²) in [6.45, 7) is 2.30. The van der Waals surface area contributed by atoms with Crippen LogP contribution in [-0.2, 0) is 4.79 Å². The maximum absolute atomic E-state index is 12.4. The number of hydrogen-bond donors (Lipinski definition) is 0. The van der Waals surface area contributed by atoms with Gasteiger partial charge in [0.05, 0.1) is 5.75 Å². The van der Waals surface area contributed by atoms with Crippen LogP contribution in [-0.4, -0.2) is 44.4 Å². The smallest absolute Gasteiger partial charge is 0.233 e. The van der Waals surface area contributed by atoms with Gasteiger partial charge < -0.3 is 9.47 Å². The zero-order valence-electron chi connectivity index (χ0n) is 12.9. The summed E-state index contributed by atoms with van der Waals surface area (Å²) in [6.07, 6.45) is 8.98. The third kappa shape index (κ3) is 3.59. The Hall–Kier alpha value is -1.04. The van der Waals surface area contributed by atoms with Crippen molar-refractivity contribution in [2.75, 3.05) is 12.8 Å². The van der Waals surface area contributed by atoms with E-state index in [-0.39, 0.29) is 5.91 Å². The first kappa shape index (κ1) is 14.9. The van der Waals surface area contributed by atoms with E-state index in [9.17, 15) is 4.79 Å². The second-order valence-electron chi connectivity index (χ2n) is 6.46. The fraction of sp³-hybridized carbons (Fsp3) is 0.800. The highest BCUT2D eigenvalue weighted by molar-refractivity contribution is 7.99. The lowest BCUT2D eigenvalue weighted by molar-refractivity contribution is -0.129. The summed E-state index contributed by atoms with van der Waals surface area (Å²) < 4.78 is 2.11. The van der Waals surface area contributed by atoms with Gasteiger partial charge in [0.15, 0.2) is 5.16 Å². The number of hydrogen-bond acceptors (Lipinski definition) is 4. The van der Waals surface area contributed by atoms with Gasteiger partial charge in [-0.15, -0.1) is 10.2 Å². The Labute approximate surface area is 130 Å². The molecular weight excluding hydrogens is 284 g/mol. The van der Waals surface area contributed by atoms with Crippen molar-refractivity contribution in [1.29, 1.82) is 0 Å². The van der Waals surface area contributed by atoms with Crippen molar-refractivity contribution in [3.05, 3.63) is 6.33 Å². The molecule has 5 nitrogen and oxygen atoms in total. The third-order valence-electron chi connectivity index (χ3n) is 4.73. The van der Waals surface area contributed by atoms with Crippen LogP contribution in [0.4, 0.5) is 0 Å². The Bertz CT molecular complexity index is 492. The van der Waals surface area contributed by atoms with E-state index in [0.717, 1.165) is 23.9 Å². The van der Waals surface area contributed by atoms with Crippen LogP contribution in [0.1, 0.15) is 51.5 Å². The molecule has 3 rings (SSSR count). The molecule has 2 saturated carbocycles. The summed E-state index contributed by atoms with van der Waals surface area (Å²) in [5.41, 5.74) is 0. The minimum atomic E-state index is 0.213. The largest absolute Gasteiger partial charge is 0.342 e. The predicted octanol–water partition coefficient (Wildman–Crippen LogP) is 2.74. The lowest BCUT2D eigenvalue weighted by Crippen LogP contribution is -2.40. The molecule has 1 amide bonds. The SMILES string of the molecule is CC1CCC(N(C)C(=O)CSc2nncn2C2CC2)CC1. The van der Waals surface area contributed by atoms with E-state index in [1.165, 1.54) is 37.4 Å². The molecule has 2 aliphatic carbocycles. The Kier molecular flexibility index (Phi) is 4.52. The first-order valence-electron chi connectivity index (χ1n) is 7.93. The fourth-order valence-corrected chi connectivity index (χ4v) is 3.91. The average Bonchev–Trinajstić information content (AvgIpc) is 3.23. The van der Waals surface area contributed by atoms with Crippen molar-refractivity contribution in [2.24, 2.45) is 5.92 Å². The van der Waals surface area contributed by atoms with Gasteiger partial charge in [0, 0.05) is 19.1 Å². The second-order valence-corrected chi connectivity index (χ2v) is 7.40. The normalized spacial score (nSPS) is 25.8. The Morgan fingerprint density at radius 2 is 2.05 bits per heavy atom. The number of rotatable bonds is 5. The molecule has 2 fully saturated rings. The van der Waals surface area contributed by atoms with Crippen molar-refractivity contribution >= 4 is 17.7 Å². The maximum atomic E-state index is 12.4. The zero-order chi connectivity index (χ0) is 14.8. The van der Waals surface area contributed by atoms with Crippen LogP contribution in [0.2, 0.25) is 0 Å². The quantitative estimate of drug-likeness (QED) is 0.785. The zero-order valence-corrected chi connectivity index (χ0v) is 13.7. The number of amides is 1. The van der Waals surface area contributed by atoms with Crippen LogP contribution in [0.25, 0.3) is 0 Å². The molecule has 1 heterocycles. The van der Waals surface area contributed by atoms with Crippen molar-refractivity contribution < 1.29 is 4.79 Å². The third-order valence-corrected chi connectivity index (χ3v) is 5.67. The van der Waals surface area contributed by atoms with E-state index in [1.807, 2.05) is 11.9 Å². The number of nitrogens with zero attached hydrogens (tertiary/aromatic N) is 4. The van der Waals surface area contributed by atoms with E-state index in [4.69, 9.17) is 0 Å². The number of aromatic nitrogens is 3. The van der Waals surface area contributed by atoms with Crippen LogP contribution in [0.15, 0.2) is 11.5 Å². The Morgan fingerprint density at radius 1 is 1.33 bits per heavy atom. The standard InChI is InChI=1S/C15H24N4OS/c1-11-3-5-12(6-4-11)18(2)14(20)9-21-15-17-16-10-19(15)13-7-8-13/h10-13H,3-9H2,1-2H3. The summed E-state index contributed by atoms with van der Waals surface area (Å²) in [7, 11) is 1.95. The summed E-state index contributed by atoms with van der Waals surface area (Å²) in [6, 6.07) is 0.991. The van der Waals surface area contributed by atoms with Gasteiger partial charge in [0.1, 0.15) is 6.33 Å².